The van der Waals surface area contributed by atoms with Gasteiger partial charge in [0.25, 0.3) is 0 Å². The van der Waals surface area contributed by atoms with Crippen LogP contribution in [-0.2, 0) is 20.9 Å². The third-order valence-corrected chi connectivity index (χ3v) is 7.41. The summed E-state index contributed by atoms with van der Waals surface area (Å²) in [6.45, 7) is 6.32. The largest absolute Gasteiger partial charge is 0.350 e. The SMILES string of the molecule is CCN(CC)C(=O)CNC(C(=O)N1CCCC1C(=O)NCc1cccc(Cl)c1)C1CCCCC1. The van der Waals surface area contributed by atoms with Crippen molar-refractivity contribution in [3.05, 3.63) is 34.9 Å². The molecule has 1 aromatic carbocycles. The molecule has 1 aliphatic carbocycles. The molecule has 2 N–H and O–H groups in total. The maximum Gasteiger partial charge on any atom is 0.243 e. The second-order valence-electron chi connectivity index (χ2n) is 9.36. The third-order valence-electron chi connectivity index (χ3n) is 7.17. The quantitative estimate of drug-likeness (QED) is 0.527. The number of benzene rings is 1. The van der Waals surface area contributed by atoms with Gasteiger partial charge in [-0.05, 0) is 63.1 Å². The van der Waals surface area contributed by atoms with E-state index in [9.17, 15) is 14.4 Å². The molecule has 0 bridgehead atoms. The summed E-state index contributed by atoms with van der Waals surface area (Å²) in [5.74, 6) is 0.0319. The Balaban J connectivity index is 1.66. The van der Waals surface area contributed by atoms with E-state index in [1.165, 1.54) is 6.42 Å². The second-order valence-corrected chi connectivity index (χ2v) is 9.80. The van der Waals surface area contributed by atoms with Crippen LogP contribution in [0.4, 0.5) is 0 Å². The van der Waals surface area contributed by atoms with Crippen LogP contribution in [0.1, 0.15) is 64.4 Å². The molecule has 2 atom stereocenters. The summed E-state index contributed by atoms with van der Waals surface area (Å²) in [4.78, 5) is 42.9. The van der Waals surface area contributed by atoms with Crippen LogP contribution in [0.5, 0.6) is 0 Å². The van der Waals surface area contributed by atoms with Gasteiger partial charge in [-0.25, -0.2) is 0 Å². The van der Waals surface area contributed by atoms with Gasteiger partial charge in [0.2, 0.25) is 17.7 Å². The first-order valence-electron chi connectivity index (χ1n) is 12.8. The minimum Gasteiger partial charge on any atom is -0.350 e. The van der Waals surface area contributed by atoms with Gasteiger partial charge in [0.15, 0.2) is 0 Å². The molecule has 2 unspecified atom stereocenters. The molecule has 1 saturated carbocycles. The smallest absolute Gasteiger partial charge is 0.243 e. The summed E-state index contributed by atoms with van der Waals surface area (Å²) in [5.41, 5.74) is 0.924. The number of hydrogen-bond donors (Lipinski definition) is 2. The average Bonchev–Trinajstić information content (AvgIpc) is 3.34. The zero-order chi connectivity index (χ0) is 24.5. The molecular weight excluding hydrogens is 452 g/mol. The molecule has 3 amide bonds. The monoisotopic (exact) mass is 490 g/mol. The normalized spacial score (nSPS) is 19.6. The summed E-state index contributed by atoms with van der Waals surface area (Å²) in [5, 5.41) is 6.92. The molecule has 2 aliphatic rings. The fraction of sp³-hybridized carbons (Fsp3) is 0.654. The fourth-order valence-corrected chi connectivity index (χ4v) is 5.46. The Bertz CT molecular complexity index is 839. The number of likely N-dealkylation sites (N-methyl/N-ethyl adjacent to an activating group) is 1. The molecule has 8 heteroatoms. The number of hydrogen-bond acceptors (Lipinski definition) is 4. The van der Waals surface area contributed by atoms with E-state index in [0.29, 0.717) is 37.6 Å². The van der Waals surface area contributed by atoms with Crippen LogP contribution in [0.3, 0.4) is 0 Å². The molecule has 3 rings (SSSR count). The van der Waals surface area contributed by atoms with Crippen molar-refractivity contribution >= 4 is 29.3 Å². The molecular formula is C26H39ClN4O3. The van der Waals surface area contributed by atoms with Gasteiger partial charge in [0.05, 0.1) is 12.6 Å². The van der Waals surface area contributed by atoms with Gasteiger partial charge in [0, 0.05) is 31.2 Å². The van der Waals surface area contributed by atoms with Crippen molar-refractivity contribution in [3.8, 4) is 0 Å². The van der Waals surface area contributed by atoms with E-state index in [-0.39, 0.29) is 30.2 Å². The van der Waals surface area contributed by atoms with Crippen molar-refractivity contribution in [2.24, 2.45) is 5.92 Å². The molecule has 0 radical (unpaired) electrons. The number of nitrogens with one attached hydrogen (secondary N) is 2. The first-order chi connectivity index (χ1) is 16.4. The number of likely N-dealkylation sites (tertiary alicyclic amines) is 1. The first kappa shape index (κ1) is 26.5. The molecule has 0 aromatic heterocycles. The summed E-state index contributed by atoms with van der Waals surface area (Å²) >= 11 is 6.05. The Morgan fingerprint density at radius 2 is 1.82 bits per heavy atom. The average molecular weight is 491 g/mol. The Kier molecular flexibility index (Phi) is 10.2. The van der Waals surface area contributed by atoms with E-state index in [2.05, 4.69) is 10.6 Å². The summed E-state index contributed by atoms with van der Waals surface area (Å²) < 4.78 is 0. The van der Waals surface area contributed by atoms with Crippen molar-refractivity contribution in [2.45, 2.75) is 77.4 Å². The van der Waals surface area contributed by atoms with Gasteiger partial charge in [-0.3, -0.25) is 19.7 Å². The first-order valence-corrected chi connectivity index (χ1v) is 13.2. The van der Waals surface area contributed by atoms with Gasteiger partial charge in [0.1, 0.15) is 6.04 Å². The van der Waals surface area contributed by atoms with Gasteiger partial charge in [-0.1, -0.05) is 43.0 Å². The highest BCUT2D eigenvalue weighted by Crippen LogP contribution is 2.29. The predicted octanol–water partition coefficient (Wildman–Crippen LogP) is 3.35. The number of halogens is 1. The number of nitrogens with zero attached hydrogens (tertiary/aromatic N) is 2. The third kappa shape index (κ3) is 6.95. The number of amides is 3. The van der Waals surface area contributed by atoms with Crippen LogP contribution in [-0.4, -0.2) is 65.8 Å². The lowest BCUT2D eigenvalue weighted by Crippen LogP contribution is -2.56. The predicted molar refractivity (Wildman–Crippen MR) is 134 cm³/mol. The van der Waals surface area contributed by atoms with E-state index in [1.54, 1.807) is 15.9 Å². The van der Waals surface area contributed by atoms with Gasteiger partial charge in [-0.15, -0.1) is 0 Å². The maximum atomic E-state index is 13.7. The van der Waals surface area contributed by atoms with Crippen molar-refractivity contribution in [3.63, 3.8) is 0 Å². The fourth-order valence-electron chi connectivity index (χ4n) is 5.24. The maximum absolute atomic E-state index is 13.7. The van der Waals surface area contributed by atoms with E-state index >= 15 is 0 Å². The van der Waals surface area contributed by atoms with Crippen LogP contribution in [0.25, 0.3) is 0 Å². The summed E-state index contributed by atoms with van der Waals surface area (Å²) in [7, 11) is 0. The van der Waals surface area contributed by atoms with Crippen LogP contribution >= 0.6 is 11.6 Å². The molecule has 1 aliphatic heterocycles. The Hall–Kier alpha value is -2.12. The van der Waals surface area contributed by atoms with E-state index in [0.717, 1.165) is 37.7 Å². The summed E-state index contributed by atoms with van der Waals surface area (Å²) in [6.07, 6.45) is 6.80. The Morgan fingerprint density at radius 1 is 1.09 bits per heavy atom. The minimum atomic E-state index is -0.474. The zero-order valence-corrected chi connectivity index (χ0v) is 21.3. The van der Waals surface area contributed by atoms with Crippen molar-refractivity contribution < 1.29 is 14.4 Å². The lowest BCUT2D eigenvalue weighted by Gasteiger charge is -2.35. The molecule has 2 fully saturated rings. The Morgan fingerprint density at radius 3 is 2.50 bits per heavy atom. The Labute approximate surface area is 208 Å². The molecule has 1 aromatic rings. The molecule has 34 heavy (non-hydrogen) atoms. The van der Waals surface area contributed by atoms with Crippen LogP contribution in [0, 0.1) is 5.92 Å². The van der Waals surface area contributed by atoms with Gasteiger partial charge in [-0.2, -0.15) is 0 Å². The lowest BCUT2D eigenvalue weighted by atomic mass is 9.83. The molecule has 1 saturated heterocycles. The molecule has 188 valence electrons. The number of carbonyl (C=O) groups is 3. The highest BCUT2D eigenvalue weighted by Gasteiger charge is 2.40. The topological polar surface area (TPSA) is 81.8 Å². The number of carbonyl (C=O) groups excluding carboxylic acids is 3. The molecule has 7 nitrogen and oxygen atoms in total. The van der Waals surface area contributed by atoms with Crippen LogP contribution in [0.2, 0.25) is 5.02 Å². The van der Waals surface area contributed by atoms with Crippen molar-refractivity contribution in [1.29, 1.82) is 0 Å². The minimum absolute atomic E-state index is 0.0100. The second kappa shape index (κ2) is 13.1. The van der Waals surface area contributed by atoms with E-state index in [4.69, 9.17) is 11.6 Å². The number of rotatable bonds is 10. The van der Waals surface area contributed by atoms with Crippen molar-refractivity contribution in [1.82, 2.24) is 20.4 Å². The van der Waals surface area contributed by atoms with Gasteiger partial charge >= 0.3 is 0 Å². The van der Waals surface area contributed by atoms with Gasteiger partial charge < -0.3 is 15.1 Å². The molecule has 0 spiro atoms. The summed E-state index contributed by atoms with van der Waals surface area (Å²) in [6, 6.07) is 6.50. The van der Waals surface area contributed by atoms with Crippen molar-refractivity contribution in [2.75, 3.05) is 26.2 Å². The highest BCUT2D eigenvalue weighted by atomic mass is 35.5. The molecule has 1 heterocycles. The highest BCUT2D eigenvalue weighted by molar-refractivity contribution is 6.30. The van der Waals surface area contributed by atoms with Crippen LogP contribution < -0.4 is 10.6 Å². The standard InChI is InChI=1S/C26H39ClN4O3/c1-3-30(4-2)23(32)18-28-24(20-11-6-5-7-12-20)26(34)31-15-9-14-22(31)25(33)29-17-19-10-8-13-21(27)16-19/h8,10,13,16,20,22,24,28H,3-7,9,11-12,14-15,17-18H2,1-2H3,(H,29,33). The zero-order valence-electron chi connectivity index (χ0n) is 20.5. The van der Waals surface area contributed by atoms with Crippen LogP contribution in [0.15, 0.2) is 24.3 Å². The van der Waals surface area contributed by atoms with E-state index in [1.807, 2.05) is 32.0 Å². The lowest BCUT2D eigenvalue weighted by molar-refractivity contribution is -0.141. The van der Waals surface area contributed by atoms with E-state index < -0.39 is 12.1 Å².